The van der Waals surface area contributed by atoms with Crippen molar-refractivity contribution in [2.75, 3.05) is 24.6 Å². The zero-order valence-electron chi connectivity index (χ0n) is 29.7. The molecule has 3 aliphatic rings. The van der Waals surface area contributed by atoms with Crippen LogP contribution in [0.2, 0.25) is 0 Å². The number of ether oxygens (including phenoxy) is 3. The molecule has 48 heavy (non-hydrogen) atoms. The summed E-state index contributed by atoms with van der Waals surface area (Å²) in [4.78, 5) is 20.0. The molecular formula is C39H50N4O5. The van der Waals surface area contributed by atoms with E-state index in [0.717, 1.165) is 60.2 Å². The van der Waals surface area contributed by atoms with E-state index in [0.29, 0.717) is 42.4 Å². The van der Waals surface area contributed by atoms with Gasteiger partial charge in [-0.25, -0.2) is 9.78 Å². The number of anilines is 1. The third-order valence-electron chi connectivity index (χ3n) is 9.73. The van der Waals surface area contributed by atoms with Gasteiger partial charge in [-0.2, -0.15) is 9.61 Å². The molecule has 6 bridgehead atoms. The number of fused-ring (bicyclic) bond motifs is 8. The van der Waals surface area contributed by atoms with Crippen LogP contribution in [0.1, 0.15) is 95.2 Å². The summed E-state index contributed by atoms with van der Waals surface area (Å²) in [5, 5.41) is 15.6. The van der Waals surface area contributed by atoms with Gasteiger partial charge in [-0.05, 0) is 122 Å². The minimum absolute atomic E-state index is 0.0655. The van der Waals surface area contributed by atoms with Crippen molar-refractivity contribution in [3.05, 3.63) is 64.8 Å². The number of hydrogen-bond acceptors (Lipinski definition) is 7. The standard InChI is InChI=1S/C39H50N4O5/c1-24-20-30-28-13-11-14-29(22-28)31-23-33-40-27(4)34(35(37(44)45)48-38(5,6)7)36(43(33)41-31)42-17-15-39(8,16-18-42)46-19-10-9-12-26(3)47-32(30)21-25(24)2/h11,13-14,20-23,26,35H,9-10,12,15-19H2,1-8H3,(H,44,45)/t26-,35+/m1/s1. The number of aryl methyl sites for hydroxylation is 3. The minimum Gasteiger partial charge on any atom is -0.490 e. The van der Waals surface area contributed by atoms with Crippen molar-refractivity contribution in [3.63, 3.8) is 0 Å². The van der Waals surface area contributed by atoms with Crippen molar-refractivity contribution in [1.29, 1.82) is 0 Å². The molecule has 1 saturated heterocycles. The van der Waals surface area contributed by atoms with Gasteiger partial charge in [0.05, 0.1) is 28.6 Å². The Morgan fingerprint density at radius 1 is 1.04 bits per heavy atom. The number of piperidine rings is 1. The second kappa shape index (κ2) is 13.2. The molecule has 9 heteroatoms. The molecule has 7 rings (SSSR count). The molecule has 9 nitrogen and oxygen atoms in total. The first-order chi connectivity index (χ1) is 22.7. The SMILES string of the molecule is Cc1cc2c(cc1C)-c1cccc(c1)-c1cc3nc(C)c([C@H](OC(C)(C)C)C(=O)O)c(n3n1)N1CCC(C)(CC1)OCCCC[C@@H](C)O2. The number of benzene rings is 2. The average Bonchev–Trinajstić information content (AvgIpc) is 3.44. The Balaban J connectivity index is 1.54. The summed E-state index contributed by atoms with van der Waals surface area (Å²) < 4.78 is 21.2. The summed E-state index contributed by atoms with van der Waals surface area (Å²) in [7, 11) is 0. The normalized spacial score (nSPS) is 21.2. The van der Waals surface area contributed by atoms with Gasteiger partial charge in [-0.3, -0.25) is 0 Å². The number of rotatable bonds is 3. The van der Waals surface area contributed by atoms with Crippen LogP contribution in [0.4, 0.5) is 5.82 Å². The molecule has 256 valence electrons. The molecule has 0 unspecified atom stereocenters. The van der Waals surface area contributed by atoms with E-state index in [2.05, 4.69) is 69.0 Å². The fourth-order valence-corrected chi connectivity index (χ4v) is 6.88. The number of carboxylic acid groups (broad SMARTS) is 1. The zero-order chi connectivity index (χ0) is 34.4. The molecule has 1 N–H and O–H groups in total. The highest BCUT2D eigenvalue weighted by Crippen LogP contribution is 2.40. The van der Waals surface area contributed by atoms with E-state index < -0.39 is 17.7 Å². The van der Waals surface area contributed by atoms with Crippen molar-refractivity contribution in [1.82, 2.24) is 14.6 Å². The Bertz CT molecular complexity index is 1820. The number of nitrogens with zero attached hydrogens (tertiary/aromatic N) is 4. The third kappa shape index (κ3) is 7.08. The van der Waals surface area contributed by atoms with E-state index in [4.69, 9.17) is 24.3 Å². The third-order valence-corrected chi connectivity index (χ3v) is 9.73. The molecule has 0 amide bonds. The summed E-state index contributed by atoms with van der Waals surface area (Å²) >= 11 is 0. The fraction of sp³-hybridized carbons (Fsp3) is 0.513. The van der Waals surface area contributed by atoms with E-state index in [1.54, 1.807) is 0 Å². The molecule has 0 radical (unpaired) electrons. The smallest absolute Gasteiger partial charge is 0.337 e. The van der Waals surface area contributed by atoms with Gasteiger partial charge >= 0.3 is 5.97 Å². The maximum Gasteiger partial charge on any atom is 0.337 e. The first kappa shape index (κ1) is 33.9. The van der Waals surface area contributed by atoms with Crippen LogP contribution in [0.3, 0.4) is 0 Å². The molecule has 4 aromatic rings. The number of carboxylic acids is 1. The summed E-state index contributed by atoms with van der Waals surface area (Å²) in [5.74, 6) is 0.540. The molecule has 0 spiro atoms. The summed E-state index contributed by atoms with van der Waals surface area (Å²) in [6.07, 6.45) is 3.38. The number of carbonyl (C=O) groups is 1. The Kier molecular flexibility index (Phi) is 9.30. The highest BCUT2D eigenvalue weighted by molar-refractivity contribution is 5.80. The molecule has 1 fully saturated rings. The lowest BCUT2D eigenvalue weighted by atomic mass is 9.92. The van der Waals surface area contributed by atoms with E-state index in [9.17, 15) is 9.90 Å². The lowest BCUT2D eigenvalue weighted by Crippen LogP contribution is -2.46. The summed E-state index contributed by atoms with van der Waals surface area (Å²) in [6.45, 7) is 18.2. The van der Waals surface area contributed by atoms with Gasteiger partial charge in [0.15, 0.2) is 11.8 Å². The molecule has 0 saturated carbocycles. The van der Waals surface area contributed by atoms with Gasteiger partial charge in [0, 0.05) is 42.6 Å². The van der Waals surface area contributed by atoms with Gasteiger partial charge in [-0.1, -0.05) is 18.2 Å². The first-order valence-electron chi connectivity index (χ1n) is 17.3. The predicted octanol–water partition coefficient (Wildman–Crippen LogP) is 8.26. The van der Waals surface area contributed by atoms with Crippen LogP contribution >= 0.6 is 0 Å². The van der Waals surface area contributed by atoms with Gasteiger partial charge < -0.3 is 24.2 Å². The van der Waals surface area contributed by atoms with E-state index in [-0.39, 0.29) is 11.7 Å². The average molecular weight is 655 g/mol. The fourth-order valence-electron chi connectivity index (χ4n) is 6.88. The number of hydrogen-bond donors (Lipinski definition) is 1. The second-order valence-electron chi connectivity index (χ2n) is 14.9. The van der Waals surface area contributed by atoms with Crippen molar-refractivity contribution < 1.29 is 24.1 Å². The lowest BCUT2D eigenvalue weighted by molar-refractivity contribution is -0.160. The van der Waals surface area contributed by atoms with Crippen LogP contribution in [0.5, 0.6) is 5.75 Å². The van der Waals surface area contributed by atoms with Crippen LogP contribution < -0.4 is 9.64 Å². The molecular weight excluding hydrogens is 604 g/mol. The van der Waals surface area contributed by atoms with Gasteiger partial charge in [0.25, 0.3) is 0 Å². The van der Waals surface area contributed by atoms with Gasteiger partial charge in [-0.15, -0.1) is 0 Å². The molecule has 3 aliphatic heterocycles. The van der Waals surface area contributed by atoms with Gasteiger partial charge in [0.2, 0.25) is 0 Å². The maximum absolute atomic E-state index is 12.8. The quantitative estimate of drug-likeness (QED) is 0.236. The highest BCUT2D eigenvalue weighted by Gasteiger charge is 2.38. The van der Waals surface area contributed by atoms with Crippen molar-refractivity contribution in [2.45, 2.75) is 111 Å². The first-order valence-corrected chi connectivity index (χ1v) is 17.3. The molecule has 2 aromatic heterocycles. The Labute approximate surface area is 284 Å². The largest absolute Gasteiger partial charge is 0.490 e. The number of aromatic nitrogens is 3. The van der Waals surface area contributed by atoms with Crippen molar-refractivity contribution in [3.8, 4) is 28.1 Å². The van der Waals surface area contributed by atoms with Crippen molar-refractivity contribution >= 4 is 17.4 Å². The Morgan fingerprint density at radius 2 is 1.75 bits per heavy atom. The van der Waals surface area contributed by atoms with Crippen molar-refractivity contribution in [2.24, 2.45) is 0 Å². The van der Waals surface area contributed by atoms with E-state index >= 15 is 0 Å². The van der Waals surface area contributed by atoms with Gasteiger partial charge in [0.1, 0.15) is 11.6 Å². The monoisotopic (exact) mass is 654 g/mol. The highest BCUT2D eigenvalue weighted by atomic mass is 16.5. The lowest BCUT2D eigenvalue weighted by Gasteiger charge is -2.41. The van der Waals surface area contributed by atoms with Crippen LogP contribution in [0.15, 0.2) is 42.5 Å². The molecule has 2 aromatic carbocycles. The number of aliphatic carboxylic acids is 1. The molecule has 5 heterocycles. The maximum atomic E-state index is 12.8. The molecule has 0 aliphatic carbocycles. The minimum atomic E-state index is -1.21. The second-order valence-corrected chi connectivity index (χ2v) is 14.9. The Hall–Kier alpha value is -3.95. The predicted molar refractivity (Wildman–Crippen MR) is 189 cm³/mol. The van der Waals surface area contributed by atoms with E-state index in [1.165, 1.54) is 11.1 Å². The van der Waals surface area contributed by atoms with Crippen LogP contribution in [-0.2, 0) is 14.3 Å². The van der Waals surface area contributed by atoms with Crippen LogP contribution in [0.25, 0.3) is 28.0 Å². The summed E-state index contributed by atoms with van der Waals surface area (Å²) in [5.41, 5.74) is 7.03. The molecule has 2 atom stereocenters. The Morgan fingerprint density at radius 3 is 2.46 bits per heavy atom. The van der Waals surface area contributed by atoms with Crippen LogP contribution in [0, 0.1) is 20.8 Å². The van der Waals surface area contributed by atoms with E-state index in [1.807, 2.05) is 38.3 Å². The summed E-state index contributed by atoms with van der Waals surface area (Å²) in [6, 6.07) is 14.7. The zero-order valence-corrected chi connectivity index (χ0v) is 29.7. The van der Waals surface area contributed by atoms with Crippen LogP contribution in [-0.4, -0.2) is 62.7 Å². The topological polar surface area (TPSA) is 98.4 Å².